The zero-order chi connectivity index (χ0) is 23.1. The molecule has 33 heavy (non-hydrogen) atoms. The first kappa shape index (κ1) is 21.8. The largest absolute Gasteiger partial charge is 0.388 e. The number of nitrogens with zero attached hydrogens (tertiary/aromatic N) is 5. The SMILES string of the molecule is CCn1ncc2c(Nc3ccccc3)c(C3=NOC4(CCN(S(=O)(=O)CC)CC4)C3)cnc21. The van der Waals surface area contributed by atoms with Gasteiger partial charge in [-0.2, -0.15) is 5.10 Å². The van der Waals surface area contributed by atoms with E-state index < -0.39 is 15.6 Å². The highest BCUT2D eigenvalue weighted by Gasteiger charge is 2.44. The first-order valence-corrected chi connectivity index (χ1v) is 13.0. The number of fused-ring (bicyclic) bond motifs is 1. The third kappa shape index (κ3) is 3.97. The summed E-state index contributed by atoms with van der Waals surface area (Å²) in [6, 6.07) is 9.97. The number of para-hydroxylation sites is 1. The maximum Gasteiger partial charge on any atom is 0.213 e. The average Bonchev–Trinajstić information content (AvgIpc) is 3.45. The van der Waals surface area contributed by atoms with E-state index >= 15 is 0 Å². The molecular weight excluding hydrogens is 440 g/mol. The van der Waals surface area contributed by atoms with Crippen molar-refractivity contribution in [2.45, 2.75) is 45.3 Å². The van der Waals surface area contributed by atoms with Gasteiger partial charge < -0.3 is 10.2 Å². The summed E-state index contributed by atoms with van der Waals surface area (Å²) in [7, 11) is -3.19. The van der Waals surface area contributed by atoms with Crippen LogP contribution in [0.4, 0.5) is 11.4 Å². The average molecular weight is 469 g/mol. The van der Waals surface area contributed by atoms with Gasteiger partial charge in [0.05, 0.1) is 28.7 Å². The van der Waals surface area contributed by atoms with Crippen LogP contribution >= 0.6 is 0 Å². The molecule has 9 nitrogen and oxygen atoms in total. The summed E-state index contributed by atoms with van der Waals surface area (Å²) in [5.74, 6) is 0.119. The number of nitrogens with one attached hydrogen (secondary N) is 1. The van der Waals surface area contributed by atoms with Gasteiger partial charge in [-0.25, -0.2) is 22.4 Å². The fourth-order valence-corrected chi connectivity index (χ4v) is 5.67. The molecule has 174 valence electrons. The molecule has 4 heterocycles. The first-order valence-electron chi connectivity index (χ1n) is 11.3. The third-order valence-corrected chi connectivity index (χ3v) is 8.43. The number of rotatable bonds is 6. The normalized spacial score (nSPS) is 18.4. The Morgan fingerprint density at radius 2 is 1.88 bits per heavy atom. The van der Waals surface area contributed by atoms with E-state index in [1.54, 1.807) is 11.2 Å². The second-order valence-corrected chi connectivity index (χ2v) is 10.8. The highest BCUT2D eigenvalue weighted by molar-refractivity contribution is 7.89. The summed E-state index contributed by atoms with van der Waals surface area (Å²) in [5.41, 5.74) is 3.90. The second kappa shape index (κ2) is 8.42. The zero-order valence-electron chi connectivity index (χ0n) is 18.9. The van der Waals surface area contributed by atoms with Gasteiger partial charge in [0.15, 0.2) is 5.65 Å². The smallest absolute Gasteiger partial charge is 0.213 e. The molecule has 10 heteroatoms. The lowest BCUT2D eigenvalue weighted by Gasteiger charge is -2.36. The van der Waals surface area contributed by atoms with Gasteiger partial charge in [-0.3, -0.25) is 0 Å². The van der Waals surface area contributed by atoms with E-state index in [2.05, 4.69) is 20.6 Å². The summed E-state index contributed by atoms with van der Waals surface area (Å²) in [4.78, 5) is 10.7. The molecule has 0 amide bonds. The predicted octanol–water partition coefficient (Wildman–Crippen LogP) is 3.50. The highest BCUT2D eigenvalue weighted by atomic mass is 32.2. The third-order valence-electron chi connectivity index (χ3n) is 6.55. The summed E-state index contributed by atoms with van der Waals surface area (Å²) < 4.78 is 27.9. The Hall–Kier alpha value is -2.98. The van der Waals surface area contributed by atoms with Crippen molar-refractivity contribution in [3.05, 3.63) is 48.3 Å². The van der Waals surface area contributed by atoms with Crippen LogP contribution in [-0.4, -0.2) is 57.6 Å². The molecule has 2 aliphatic heterocycles. The van der Waals surface area contributed by atoms with Gasteiger partial charge in [0, 0.05) is 56.3 Å². The molecule has 1 spiro atoms. The zero-order valence-corrected chi connectivity index (χ0v) is 19.7. The van der Waals surface area contributed by atoms with Gasteiger partial charge >= 0.3 is 0 Å². The molecule has 0 bridgehead atoms. The maximum absolute atomic E-state index is 12.2. The van der Waals surface area contributed by atoms with Crippen LogP contribution in [0.2, 0.25) is 0 Å². The fourth-order valence-electron chi connectivity index (χ4n) is 4.57. The van der Waals surface area contributed by atoms with Crippen LogP contribution in [0.1, 0.15) is 38.7 Å². The van der Waals surface area contributed by atoms with Crippen molar-refractivity contribution in [2.24, 2.45) is 5.16 Å². The first-order chi connectivity index (χ1) is 15.9. The molecule has 0 saturated carbocycles. The van der Waals surface area contributed by atoms with Crippen LogP contribution < -0.4 is 5.32 Å². The van der Waals surface area contributed by atoms with Crippen molar-refractivity contribution in [3.8, 4) is 0 Å². The molecule has 0 radical (unpaired) electrons. The maximum atomic E-state index is 12.2. The van der Waals surface area contributed by atoms with Crippen LogP contribution in [0.15, 0.2) is 47.9 Å². The summed E-state index contributed by atoms with van der Waals surface area (Å²) >= 11 is 0. The quantitative estimate of drug-likeness (QED) is 0.594. The van der Waals surface area contributed by atoms with E-state index in [4.69, 9.17) is 4.84 Å². The van der Waals surface area contributed by atoms with Gasteiger partial charge in [0.2, 0.25) is 10.0 Å². The molecule has 0 unspecified atom stereocenters. The summed E-state index contributed by atoms with van der Waals surface area (Å²) in [5, 5.41) is 13.4. The Bertz CT molecular complexity index is 1290. The molecule has 1 N–H and O–H groups in total. The minimum absolute atomic E-state index is 0.119. The Kier molecular flexibility index (Phi) is 5.57. The molecule has 1 fully saturated rings. The Morgan fingerprint density at radius 1 is 1.12 bits per heavy atom. The number of sulfonamides is 1. The molecule has 1 saturated heterocycles. The van der Waals surface area contributed by atoms with Crippen molar-refractivity contribution in [2.75, 3.05) is 24.2 Å². The van der Waals surface area contributed by atoms with Crippen LogP contribution in [0, 0.1) is 0 Å². The van der Waals surface area contributed by atoms with Crippen molar-refractivity contribution in [3.63, 3.8) is 0 Å². The number of hydrogen-bond donors (Lipinski definition) is 1. The highest BCUT2D eigenvalue weighted by Crippen LogP contribution is 2.39. The number of hydrogen-bond acceptors (Lipinski definition) is 7. The molecule has 0 aliphatic carbocycles. The van der Waals surface area contributed by atoms with Crippen LogP contribution in [0.5, 0.6) is 0 Å². The van der Waals surface area contributed by atoms with Crippen molar-refractivity contribution >= 4 is 38.1 Å². The minimum Gasteiger partial charge on any atom is -0.388 e. The van der Waals surface area contributed by atoms with Crippen molar-refractivity contribution in [1.82, 2.24) is 19.1 Å². The molecule has 3 aromatic rings. The number of aromatic nitrogens is 3. The van der Waals surface area contributed by atoms with E-state index in [1.807, 2.05) is 54.3 Å². The fraction of sp³-hybridized carbons (Fsp3) is 0.435. The van der Waals surface area contributed by atoms with Crippen molar-refractivity contribution < 1.29 is 13.3 Å². The van der Waals surface area contributed by atoms with Crippen molar-refractivity contribution in [1.29, 1.82) is 0 Å². The Morgan fingerprint density at radius 3 is 2.58 bits per heavy atom. The summed E-state index contributed by atoms with van der Waals surface area (Å²) in [6.45, 7) is 5.35. The topological polar surface area (TPSA) is 102 Å². The Labute approximate surface area is 193 Å². The number of piperidine rings is 1. The molecule has 2 aromatic heterocycles. The summed E-state index contributed by atoms with van der Waals surface area (Å²) in [6.07, 6.45) is 5.51. The molecular formula is C23H28N6O3S. The number of pyridine rings is 1. The van der Waals surface area contributed by atoms with E-state index in [1.165, 1.54) is 0 Å². The molecule has 5 rings (SSSR count). The number of anilines is 2. The van der Waals surface area contributed by atoms with E-state index in [9.17, 15) is 8.42 Å². The number of aryl methyl sites for hydroxylation is 1. The lowest BCUT2D eigenvalue weighted by Crippen LogP contribution is -2.47. The number of oxime groups is 1. The standard InChI is InChI=1S/C23H28N6O3S/c1-3-29-22-19(16-25-29)21(26-17-8-6-5-7-9-17)18(15-24-22)20-14-23(32-27-20)10-12-28(13-11-23)33(30,31)4-2/h5-9,15-16H,3-4,10-14H2,1-2H3,(H,24,26). The second-order valence-electron chi connectivity index (χ2n) is 8.52. The lowest BCUT2D eigenvalue weighted by atomic mass is 9.86. The lowest BCUT2D eigenvalue weighted by molar-refractivity contribution is -0.0506. The van der Waals surface area contributed by atoms with E-state index in [0.717, 1.165) is 40.2 Å². The molecule has 1 aromatic carbocycles. The predicted molar refractivity (Wildman–Crippen MR) is 128 cm³/mol. The van der Waals surface area contributed by atoms with Gasteiger partial charge in [0.25, 0.3) is 0 Å². The molecule has 2 aliphatic rings. The van der Waals surface area contributed by atoms with Crippen LogP contribution in [-0.2, 0) is 21.4 Å². The Balaban J connectivity index is 1.45. The van der Waals surface area contributed by atoms with Gasteiger partial charge in [-0.1, -0.05) is 23.4 Å². The minimum atomic E-state index is -3.19. The van der Waals surface area contributed by atoms with Gasteiger partial charge in [-0.05, 0) is 26.0 Å². The van der Waals surface area contributed by atoms with Crippen LogP contribution in [0.25, 0.3) is 11.0 Å². The van der Waals surface area contributed by atoms with Gasteiger partial charge in [-0.15, -0.1) is 0 Å². The van der Waals surface area contributed by atoms with Gasteiger partial charge in [0.1, 0.15) is 5.60 Å². The van der Waals surface area contributed by atoms with E-state index in [0.29, 0.717) is 32.4 Å². The monoisotopic (exact) mass is 468 g/mol. The number of benzene rings is 1. The van der Waals surface area contributed by atoms with E-state index in [-0.39, 0.29) is 5.75 Å². The molecule has 0 atom stereocenters. The van der Waals surface area contributed by atoms with Crippen LogP contribution in [0.3, 0.4) is 0 Å².